The Bertz CT molecular complexity index is 2280. The van der Waals surface area contributed by atoms with Gasteiger partial charge in [0.25, 0.3) is 0 Å². The maximum absolute atomic E-state index is 14.6. The molecule has 2 saturated carbocycles. The molecule has 368 valence electrons. The number of esters is 2. The van der Waals surface area contributed by atoms with Crippen molar-refractivity contribution in [3.05, 3.63) is 126 Å². The highest BCUT2D eigenvalue weighted by molar-refractivity contribution is 6.35. The number of nitrogens with zero attached hydrogens (tertiary/aromatic N) is 2. The van der Waals surface area contributed by atoms with E-state index in [1.54, 1.807) is 0 Å². The third-order valence-electron chi connectivity index (χ3n) is 12.2. The molecule has 2 saturated heterocycles. The molecule has 0 N–H and O–H groups in total. The average molecular weight is 1040 g/mol. The van der Waals surface area contributed by atoms with Crippen LogP contribution >= 0.6 is 46.4 Å². The molecule has 2 aliphatic carbocycles. The zero-order chi connectivity index (χ0) is 49.2. The van der Waals surface area contributed by atoms with Gasteiger partial charge in [0.1, 0.15) is 47.4 Å². The molecule has 68 heavy (non-hydrogen) atoms. The fraction of sp³-hybridized carbons (Fsp3) is 0.458. The van der Waals surface area contributed by atoms with Gasteiger partial charge in [-0.05, 0) is 147 Å². The van der Waals surface area contributed by atoms with Crippen LogP contribution in [0.4, 0.5) is 35.1 Å². The lowest BCUT2D eigenvalue weighted by molar-refractivity contribution is -0.192. The molecule has 4 aromatic rings. The highest BCUT2D eigenvalue weighted by Gasteiger charge is 2.48. The van der Waals surface area contributed by atoms with Crippen LogP contribution in [-0.4, -0.2) is 86.7 Å². The molecule has 4 aliphatic rings. The number of rotatable bonds is 12. The second-order valence-corrected chi connectivity index (χ2v) is 19.1. The first kappa shape index (κ1) is 51.8. The summed E-state index contributed by atoms with van der Waals surface area (Å²) in [4.78, 5) is 26.4. The lowest BCUT2D eigenvalue weighted by Gasteiger charge is -2.39. The van der Waals surface area contributed by atoms with Gasteiger partial charge in [-0.15, -0.1) is 0 Å². The van der Waals surface area contributed by atoms with Gasteiger partial charge in [-0.1, -0.05) is 46.4 Å². The molecule has 0 unspecified atom stereocenters. The Morgan fingerprint density at radius 2 is 0.882 bits per heavy atom. The molecule has 4 atom stereocenters. The number of likely N-dealkylation sites (tertiary alicyclic amines) is 2. The Labute approximate surface area is 407 Å². The summed E-state index contributed by atoms with van der Waals surface area (Å²) in [7, 11) is 2.34. The quantitative estimate of drug-likeness (QED) is 0.103. The summed E-state index contributed by atoms with van der Waals surface area (Å²) < 4.78 is 135. The second kappa shape index (κ2) is 21.5. The van der Waals surface area contributed by atoms with Crippen molar-refractivity contribution >= 4 is 58.3 Å². The smallest absolute Gasteiger partial charge is 0.408 e. The topological polar surface area (TPSA) is 77.5 Å². The summed E-state index contributed by atoms with van der Waals surface area (Å²) in [6.07, 6.45) is -4.88. The zero-order valence-electron chi connectivity index (χ0n) is 36.6. The number of ether oxygens (including phenoxy) is 4. The number of hydrogen-bond acceptors (Lipinski definition) is 8. The fourth-order valence-electron chi connectivity index (χ4n) is 8.94. The number of benzene rings is 4. The first-order chi connectivity index (χ1) is 32.1. The van der Waals surface area contributed by atoms with E-state index in [0.717, 1.165) is 37.8 Å². The summed E-state index contributed by atoms with van der Waals surface area (Å²) in [6.45, 7) is 0.385. The number of halogens is 12. The van der Waals surface area contributed by atoms with E-state index in [9.17, 15) is 44.7 Å². The van der Waals surface area contributed by atoms with Crippen molar-refractivity contribution in [1.29, 1.82) is 0 Å². The zero-order valence-corrected chi connectivity index (χ0v) is 39.6. The summed E-state index contributed by atoms with van der Waals surface area (Å²) >= 11 is 23.9. The van der Waals surface area contributed by atoms with Crippen LogP contribution in [-0.2, 0) is 9.47 Å². The third kappa shape index (κ3) is 12.8. The van der Waals surface area contributed by atoms with Crippen LogP contribution in [0.3, 0.4) is 0 Å². The van der Waals surface area contributed by atoms with Gasteiger partial charge in [-0.3, -0.25) is 9.80 Å². The molecule has 8 rings (SSSR count). The Hall–Kier alpha value is -4.06. The molecule has 0 bridgehead atoms. The minimum atomic E-state index is -4.57. The Balaban J connectivity index is 0.000000201. The van der Waals surface area contributed by atoms with Crippen LogP contribution in [0.1, 0.15) is 118 Å². The van der Waals surface area contributed by atoms with E-state index in [1.165, 1.54) is 72.6 Å². The van der Waals surface area contributed by atoms with Gasteiger partial charge < -0.3 is 18.9 Å². The van der Waals surface area contributed by atoms with Crippen molar-refractivity contribution in [3.8, 4) is 11.5 Å². The van der Waals surface area contributed by atoms with E-state index >= 15 is 0 Å². The molecule has 8 nitrogen and oxygen atoms in total. The maximum Gasteiger partial charge on any atom is 0.408 e. The van der Waals surface area contributed by atoms with Crippen LogP contribution in [0.5, 0.6) is 11.5 Å². The van der Waals surface area contributed by atoms with Gasteiger partial charge in [0.2, 0.25) is 0 Å². The molecule has 2 aliphatic heterocycles. The number of alkyl halides is 6. The van der Waals surface area contributed by atoms with Crippen molar-refractivity contribution in [1.82, 2.24) is 9.80 Å². The third-order valence-corrected chi connectivity index (χ3v) is 13.1. The molecule has 4 fully saturated rings. The Kier molecular flexibility index (Phi) is 16.4. The predicted octanol–water partition coefficient (Wildman–Crippen LogP) is 13.9. The molecule has 0 radical (unpaired) electrons. The summed E-state index contributed by atoms with van der Waals surface area (Å²) in [5, 5.41) is 0.488. The number of piperidine rings is 2. The maximum atomic E-state index is 14.6. The molecule has 0 amide bonds. The predicted molar refractivity (Wildman–Crippen MR) is 240 cm³/mol. The fourth-order valence-corrected chi connectivity index (χ4v) is 10.0. The SMILES string of the molecule is COC(=O)c1cc(C2CC2)c(O[C@@H]2CCCN([C@@H](c3cc(Cl)cc(Cl)c3)C(F)(F)F)C2)cc1F.COC(=O)c1cc(C2CC2)c(O[C@@H]2CCCN([C@H](c3cc(Cl)cc(Cl)c3)C(F)(F)F)C2)cc1F. The number of methoxy groups -OCH3 is 2. The first-order valence-electron chi connectivity index (χ1n) is 21.8. The molecule has 4 aromatic carbocycles. The second-order valence-electron chi connectivity index (χ2n) is 17.3. The van der Waals surface area contributed by atoms with Gasteiger partial charge in [0.05, 0.1) is 25.3 Å². The van der Waals surface area contributed by atoms with Gasteiger partial charge in [0, 0.05) is 45.3 Å². The average Bonchev–Trinajstić information content (AvgIpc) is 4.18. The van der Waals surface area contributed by atoms with Crippen molar-refractivity contribution in [3.63, 3.8) is 0 Å². The van der Waals surface area contributed by atoms with Crippen LogP contribution in [0.15, 0.2) is 60.7 Å². The molecular formula is C48H46Cl4F8N2O6. The molecule has 20 heteroatoms. The highest BCUT2D eigenvalue weighted by atomic mass is 35.5. The molecule has 0 aromatic heterocycles. The Morgan fingerprint density at radius 1 is 0.544 bits per heavy atom. The number of carbonyl (C=O) groups is 2. The number of carbonyl (C=O) groups excluding carboxylic acids is 2. The first-order valence-corrected chi connectivity index (χ1v) is 23.3. The Morgan fingerprint density at radius 3 is 1.18 bits per heavy atom. The van der Waals surface area contributed by atoms with Gasteiger partial charge in [-0.2, -0.15) is 26.3 Å². The minimum Gasteiger partial charge on any atom is -0.489 e. The van der Waals surface area contributed by atoms with Gasteiger partial charge in [0.15, 0.2) is 0 Å². The van der Waals surface area contributed by atoms with E-state index in [0.29, 0.717) is 36.8 Å². The van der Waals surface area contributed by atoms with Gasteiger partial charge in [-0.25, -0.2) is 18.4 Å². The van der Waals surface area contributed by atoms with Crippen molar-refractivity contribution < 1.29 is 63.7 Å². The summed E-state index contributed by atoms with van der Waals surface area (Å²) in [5.74, 6) is -2.40. The lowest BCUT2D eigenvalue weighted by Crippen LogP contribution is -2.47. The van der Waals surface area contributed by atoms with Crippen LogP contribution < -0.4 is 9.47 Å². The van der Waals surface area contributed by atoms with Crippen molar-refractivity contribution in [2.24, 2.45) is 0 Å². The normalized spacial score (nSPS) is 20.1. The van der Waals surface area contributed by atoms with Crippen LogP contribution in [0.25, 0.3) is 0 Å². The monoisotopic (exact) mass is 1040 g/mol. The van der Waals surface area contributed by atoms with Crippen LogP contribution in [0, 0.1) is 11.6 Å². The summed E-state index contributed by atoms with van der Waals surface area (Å²) in [5.41, 5.74) is 0.894. The molecule has 2 heterocycles. The lowest BCUT2D eigenvalue weighted by atomic mass is 9.99. The molecule has 0 spiro atoms. The van der Waals surface area contributed by atoms with Crippen molar-refractivity contribution in [2.75, 3.05) is 40.4 Å². The van der Waals surface area contributed by atoms with E-state index < -0.39 is 60.2 Å². The number of hydrogen-bond donors (Lipinski definition) is 0. The van der Waals surface area contributed by atoms with E-state index in [4.69, 9.17) is 55.9 Å². The minimum absolute atomic E-state index is 0.0151. The molecular weight excluding hydrogens is 994 g/mol. The van der Waals surface area contributed by atoms with E-state index in [1.807, 2.05) is 0 Å². The van der Waals surface area contributed by atoms with E-state index in [-0.39, 0.29) is 91.9 Å². The highest BCUT2D eigenvalue weighted by Crippen LogP contribution is 2.48. The van der Waals surface area contributed by atoms with Crippen molar-refractivity contribution in [2.45, 2.75) is 99.8 Å². The summed E-state index contributed by atoms with van der Waals surface area (Å²) in [6, 6.07) is 9.15. The van der Waals surface area contributed by atoms with Gasteiger partial charge >= 0.3 is 24.3 Å². The standard InChI is InChI=1S/2C24H23Cl2F4NO3/c2*1-33-23(32)19-10-18(13-4-5-13)21(11-20(19)27)34-17-3-2-6-31(12-17)22(24(28,29)30)14-7-15(25)9-16(26)8-14/h2*7-11,13,17,22H,2-6,12H2,1H3/t17-,22+;17-,22-/m11/s1. The largest absolute Gasteiger partial charge is 0.489 e. The van der Waals surface area contributed by atoms with E-state index in [2.05, 4.69) is 9.47 Å². The van der Waals surface area contributed by atoms with Crippen LogP contribution in [0.2, 0.25) is 20.1 Å².